The van der Waals surface area contributed by atoms with Gasteiger partial charge >= 0.3 is 0 Å². The van der Waals surface area contributed by atoms with Gasteiger partial charge in [0.25, 0.3) is 0 Å². The van der Waals surface area contributed by atoms with Crippen molar-refractivity contribution in [1.82, 2.24) is 24.5 Å². The molecule has 0 saturated carbocycles. The zero-order valence-electron chi connectivity index (χ0n) is 17.8. The van der Waals surface area contributed by atoms with E-state index in [1.807, 2.05) is 31.3 Å². The molecular weight excluding hydrogens is 399 g/mol. The molecule has 2 atom stereocenters. The predicted octanol–water partition coefficient (Wildman–Crippen LogP) is 2.84. The third kappa shape index (κ3) is 3.92. The fourth-order valence-corrected chi connectivity index (χ4v) is 3.86. The summed E-state index contributed by atoms with van der Waals surface area (Å²) >= 11 is 0. The highest BCUT2D eigenvalue weighted by Gasteiger charge is 2.31. The van der Waals surface area contributed by atoms with Gasteiger partial charge in [0.2, 0.25) is 11.9 Å². The van der Waals surface area contributed by atoms with Gasteiger partial charge in [-0.05, 0) is 38.3 Å². The molecule has 10 heteroatoms. The number of amides is 1. The van der Waals surface area contributed by atoms with Gasteiger partial charge in [0.05, 0.1) is 29.7 Å². The maximum Gasteiger partial charge on any atom is 0.243 e. The Labute approximate surface area is 179 Å². The van der Waals surface area contributed by atoms with Crippen LogP contribution in [-0.2, 0) is 4.79 Å². The molecule has 3 aromatic heterocycles. The summed E-state index contributed by atoms with van der Waals surface area (Å²) in [4.78, 5) is 26.2. The third-order valence-corrected chi connectivity index (χ3v) is 5.55. The molecule has 1 fully saturated rings. The molecule has 1 aliphatic heterocycles. The van der Waals surface area contributed by atoms with Crippen molar-refractivity contribution < 1.29 is 9.18 Å². The zero-order chi connectivity index (χ0) is 22.1. The highest BCUT2D eigenvalue weighted by Crippen LogP contribution is 2.31. The molecule has 3 aromatic rings. The van der Waals surface area contributed by atoms with Crippen LogP contribution in [0.2, 0.25) is 0 Å². The summed E-state index contributed by atoms with van der Waals surface area (Å²) in [6.45, 7) is 7.47. The lowest BCUT2D eigenvalue weighted by molar-refractivity contribution is -0.131. The normalized spacial score (nSPS) is 18.8. The Morgan fingerprint density at radius 1 is 1.32 bits per heavy atom. The highest BCUT2D eigenvalue weighted by molar-refractivity contribution is 5.87. The van der Waals surface area contributed by atoms with Gasteiger partial charge in [-0.2, -0.15) is 4.98 Å². The molecule has 0 bridgehead atoms. The van der Waals surface area contributed by atoms with Crippen molar-refractivity contribution in [2.24, 2.45) is 4.99 Å². The average molecular weight is 424 g/mol. The number of rotatable bonds is 5. The van der Waals surface area contributed by atoms with E-state index in [9.17, 15) is 9.18 Å². The summed E-state index contributed by atoms with van der Waals surface area (Å²) in [6, 6.07) is 5.21. The van der Waals surface area contributed by atoms with Crippen LogP contribution in [0, 0.1) is 6.92 Å². The number of alkyl halides is 1. The van der Waals surface area contributed by atoms with Crippen molar-refractivity contribution in [2.45, 2.75) is 32.5 Å². The first-order valence-corrected chi connectivity index (χ1v) is 10.1. The van der Waals surface area contributed by atoms with Crippen LogP contribution >= 0.6 is 0 Å². The van der Waals surface area contributed by atoms with E-state index in [4.69, 9.17) is 0 Å². The number of hydrogen-bond acceptors (Lipinski definition) is 7. The molecule has 0 aliphatic carbocycles. The second-order valence-electron chi connectivity index (χ2n) is 7.54. The van der Waals surface area contributed by atoms with Crippen molar-refractivity contribution in [1.29, 1.82) is 0 Å². The minimum atomic E-state index is -1.20. The Bertz CT molecular complexity index is 1140. The quantitative estimate of drug-likeness (QED) is 0.611. The largest absolute Gasteiger partial charge is 0.371 e. The maximum atomic E-state index is 14.6. The number of anilines is 2. The summed E-state index contributed by atoms with van der Waals surface area (Å²) in [7, 11) is 1.77. The van der Waals surface area contributed by atoms with Gasteiger partial charge in [0.1, 0.15) is 11.7 Å². The first kappa shape index (κ1) is 20.7. The summed E-state index contributed by atoms with van der Waals surface area (Å²) in [5, 5.41) is 10.7. The van der Waals surface area contributed by atoms with Gasteiger partial charge in [0.15, 0.2) is 5.82 Å². The summed E-state index contributed by atoms with van der Waals surface area (Å²) in [5.74, 6) is 0.801. The average Bonchev–Trinajstić information content (AvgIpc) is 3.18. The monoisotopic (exact) mass is 424 g/mol. The van der Waals surface area contributed by atoms with E-state index in [-0.39, 0.29) is 12.5 Å². The molecule has 0 radical (unpaired) electrons. The molecular formula is C21H25FN8O. The second kappa shape index (κ2) is 8.29. The van der Waals surface area contributed by atoms with E-state index in [2.05, 4.69) is 37.4 Å². The third-order valence-electron chi connectivity index (χ3n) is 5.55. The highest BCUT2D eigenvalue weighted by atomic mass is 19.1. The molecule has 2 N–H and O–H groups in total. The smallest absolute Gasteiger partial charge is 0.243 e. The standard InChI is InChI=1S/C21H25FN8O/c1-12-16(23-3)5-6-17(25-12)14-7-10-30-19(14)20(24-4)27-21(28-30)26-18-8-9-29(13(2)31)11-15(18)22/h5-7,10,15,18H,3,8-9,11H2,1-2,4H3,(H2,24,26,27,28). The summed E-state index contributed by atoms with van der Waals surface area (Å²) in [6.07, 6.45) is 1.11. The Morgan fingerprint density at radius 3 is 2.77 bits per heavy atom. The lowest BCUT2D eigenvalue weighted by Crippen LogP contribution is -2.49. The molecule has 1 amide bonds. The Kier molecular flexibility index (Phi) is 5.53. The Hall–Kier alpha value is -3.56. The van der Waals surface area contributed by atoms with Crippen LogP contribution in [0.3, 0.4) is 0 Å². The first-order chi connectivity index (χ1) is 14.9. The molecule has 0 aromatic carbocycles. The number of hydrogen-bond donors (Lipinski definition) is 2. The van der Waals surface area contributed by atoms with E-state index < -0.39 is 12.2 Å². The van der Waals surface area contributed by atoms with Crippen molar-refractivity contribution in [3.05, 3.63) is 30.1 Å². The van der Waals surface area contributed by atoms with Crippen molar-refractivity contribution >= 4 is 35.6 Å². The van der Waals surface area contributed by atoms with Crippen molar-refractivity contribution in [3.63, 3.8) is 0 Å². The minimum Gasteiger partial charge on any atom is -0.371 e. The number of carbonyl (C=O) groups excluding carboxylic acids is 1. The minimum absolute atomic E-state index is 0.0718. The van der Waals surface area contributed by atoms with Gasteiger partial charge in [0, 0.05) is 32.3 Å². The van der Waals surface area contributed by atoms with Gasteiger partial charge < -0.3 is 15.5 Å². The lowest BCUT2D eigenvalue weighted by Gasteiger charge is -2.34. The fourth-order valence-electron chi connectivity index (χ4n) is 3.86. The van der Waals surface area contributed by atoms with E-state index in [1.165, 1.54) is 11.8 Å². The molecule has 4 heterocycles. The van der Waals surface area contributed by atoms with Crippen LogP contribution in [0.1, 0.15) is 19.0 Å². The molecule has 1 aliphatic rings. The maximum absolute atomic E-state index is 14.6. The molecule has 4 rings (SSSR count). The number of nitrogens with zero attached hydrogens (tertiary/aromatic N) is 6. The topological polar surface area (TPSA) is 99.8 Å². The number of nitrogens with one attached hydrogen (secondary N) is 2. The Morgan fingerprint density at radius 2 is 2.13 bits per heavy atom. The summed E-state index contributed by atoms with van der Waals surface area (Å²) < 4.78 is 16.3. The lowest BCUT2D eigenvalue weighted by atomic mass is 10.0. The van der Waals surface area contributed by atoms with Crippen molar-refractivity contribution in [3.8, 4) is 11.3 Å². The number of piperidine rings is 1. The number of likely N-dealkylation sites (tertiary alicyclic amines) is 1. The second-order valence-corrected chi connectivity index (χ2v) is 7.54. The summed E-state index contributed by atoms with van der Waals surface area (Å²) in [5.41, 5.74) is 3.92. The van der Waals surface area contributed by atoms with E-state index in [0.717, 1.165) is 28.2 Å². The van der Waals surface area contributed by atoms with Gasteiger partial charge in [-0.1, -0.05) is 0 Å². The number of carbonyl (C=O) groups is 1. The van der Waals surface area contributed by atoms with Crippen LogP contribution < -0.4 is 10.6 Å². The van der Waals surface area contributed by atoms with Crippen LogP contribution in [0.15, 0.2) is 29.4 Å². The van der Waals surface area contributed by atoms with E-state index in [1.54, 1.807) is 11.6 Å². The Balaban J connectivity index is 1.64. The van der Waals surface area contributed by atoms with Crippen LogP contribution in [0.4, 0.5) is 21.8 Å². The zero-order valence-corrected chi connectivity index (χ0v) is 17.8. The van der Waals surface area contributed by atoms with Crippen LogP contribution in [0.5, 0.6) is 0 Å². The predicted molar refractivity (Wildman–Crippen MR) is 119 cm³/mol. The first-order valence-electron chi connectivity index (χ1n) is 10.1. The molecule has 9 nitrogen and oxygen atoms in total. The number of aliphatic imine (C=N–C) groups is 1. The van der Waals surface area contributed by atoms with Gasteiger partial charge in [-0.25, -0.2) is 8.91 Å². The number of pyridine rings is 1. The molecule has 31 heavy (non-hydrogen) atoms. The molecule has 162 valence electrons. The van der Waals surface area contributed by atoms with E-state index >= 15 is 0 Å². The molecule has 0 spiro atoms. The number of halogens is 1. The molecule has 1 saturated heterocycles. The fraction of sp³-hybridized carbons (Fsp3) is 0.381. The van der Waals surface area contributed by atoms with Crippen molar-refractivity contribution in [2.75, 3.05) is 30.8 Å². The molecule has 2 unspecified atom stereocenters. The van der Waals surface area contributed by atoms with Gasteiger partial charge in [-0.15, -0.1) is 5.10 Å². The SMILES string of the molecule is C=Nc1ccc(-c2ccn3nc(NC4CCN(C(C)=O)CC4F)nc(NC)c23)nc1C. The number of aromatic nitrogens is 4. The number of aryl methyl sites for hydroxylation is 1. The van der Waals surface area contributed by atoms with Gasteiger partial charge in [-0.3, -0.25) is 14.8 Å². The van der Waals surface area contributed by atoms with Crippen LogP contribution in [0.25, 0.3) is 16.8 Å². The van der Waals surface area contributed by atoms with E-state index in [0.29, 0.717) is 24.7 Å². The number of fused-ring (bicyclic) bond motifs is 1. The van der Waals surface area contributed by atoms with Crippen LogP contribution in [-0.4, -0.2) is 69.5 Å².